The molecule has 0 saturated heterocycles. The Morgan fingerprint density at radius 3 is 2.54 bits per heavy atom. The topological polar surface area (TPSA) is 55.8 Å². The molecule has 0 bridgehead atoms. The summed E-state index contributed by atoms with van der Waals surface area (Å²) in [6.07, 6.45) is 0. The van der Waals surface area contributed by atoms with Crippen LogP contribution in [0.25, 0.3) is 0 Å². The number of carbonyl (C=O) groups is 1. The quantitative estimate of drug-likeness (QED) is 0.855. The van der Waals surface area contributed by atoms with Gasteiger partial charge in [-0.2, -0.15) is 0 Å². The molecule has 5 nitrogen and oxygen atoms in total. The molecule has 2 rings (SSSR count). The number of anilines is 1. The lowest BCUT2D eigenvalue weighted by molar-refractivity contribution is 0.202. The molecule has 2 amide bonds. The van der Waals surface area contributed by atoms with Crippen LogP contribution in [0, 0.1) is 5.82 Å². The molecule has 2 N–H and O–H groups in total. The number of likely N-dealkylation sites (N-methyl/N-ethyl adjacent to an activating group) is 1. The van der Waals surface area contributed by atoms with E-state index in [9.17, 15) is 14.3 Å². The number of carbonyl (C=O) groups excluding carboxylic acids is 1. The number of nitrogens with one attached hydrogen (secondary N) is 1. The van der Waals surface area contributed by atoms with E-state index in [0.29, 0.717) is 19.6 Å². The second kappa shape index (κ2) is 8.31. The average molecular weight is 331 g/mol. The van der Waals surface area contributed by atoms with Crippen molar-refractivity contribution >= 4 is 11.7 Å². The monoisotopic (exact) mass is 331 g/mol. The lowest BCUT2D eigenvalue weighted by Crippen LogP contribution is -2.39. The molecule has 0 aromatic heterocycles. The number of amides is 2. The second-order valence-electron chi connectivity index (χ2n) is 5.80. The normalized spacial score (nSPS) is 10.7. The lowest BCUT2D eigenvalue weighted by Gasteiger charge is -2.25. The minimum absolute atomic E-state index is 0.147. The molecule has 0 heterocycles. The molecule has 0 atom stereocenters. The molecule has 128 valence electrons. The molecule has 0 aliphatic carbocycles. The Hall–Kier alpha value is -2.60. The number of phenols is 1. The third-order valence-electron chi connectivity index (χ3n) is 3.50. The number of aromatic hydroxyl groups is 1. The molecule has 0 saturated carbocycles. The molecule has 2 aromatic carbocycles. The maximum absolute atomic E-state index is 13.7. The largest absolute Gasteiger partial charge is 0.508 e. The van der Waals surface area contributed by atoms with E-state index >= 15 is 0 Å². The Morgan fingerprint density at radius 1 is 1.12 bits per heavy atom. The minimum atomic E-state index is -0.476. The molecule has 0 aliphatic rings. The van der Waals surface area contributed by atoms with Gasteiger partial charge in [-0.15, -0.1) is 0 Å². The van der Waals surface area contributed by atoms with Crippen molar-refractivity contribution < 1.29 is 14.3 Å². The number of nitrogens with zero attached hydrogens (tertiary/aromatic N) is 2. The highest BCUT2D eigenvalue weighted by atomic mass is 19.1. The molecular weight excluding hydrogens is 309 g/mol. The lowest BCUT2D eigenvalue weighted by atomic mass is 10.2. The smallest absolute Gasteiger partial charge is 0.322 e. The van der Waals surface area contributed by atoms with Crippen molar-refractivity contribution in [3.63, 3.8) is 0 Å². The zero-order chi connectivity index (χ0) is 17.5. The van der Waals surface area contributed by atoms with E-state index in [2.05, 4.69) is 5.32 Å². The number of benzene rings is 2. The fourth-order valence-corrected chi connectivity index (χ4v) is 2.21. The summed E-state index contributed by atoms with van der Waals surface area (Å²) >= 11 is 0. The van der Waals surface area contributed by atoms with E-state index < -0.39 is 5.82 Å². The zero-order valence-electron chi connectivity index (χ0n) is 13.9. The fraction of sp³-hybridized carbons (Fsp3) is 0.278. The summed E-state index contributed by atoms with van der Waals surface area (Å²) in [6, 6.07) is 12.4. The second-order valence-corrected chi connectivity index (χ2v) is 5.80. The molecule has 6 heteroatoms. The highest BCUT2D eigenvalue weighted by Crippen LogP contribution is 2.16. The number of hydrogen-bond acceptors (Lipinski definition) is 3. The fourth-order valence-electron chi connectivity index (χ4n) is 2.21. The zero-order valence-corrected chi connectivity index (χ0v) is 13.9. The summed E-state index contributed by atoms with van der Waals surface area (Å²) in [6.45, 7) is 1.47. The van der Waals surface area contributed by atoms with Crippen molar-refractivity contribution in [1.29, 1.82) is 0 Å². The first-order chi connectivity index (χ1) is 11.5. The first-order valence-electron chi connectivity index (χ1n) is 7.69. The van der Waals surface area contributed by atoms with Crippen LogP contribution < -0.4 is 5.32 Å². The summed E-state index contributed by atoms with van der Waals surface area (Å²) in [5.74, 6) is -0.328. The van der Waals surface area contributed by atoms with E-state index in [0.717, 1.165) is 5.56 Å². The first-order valence-corrected chi connectivity index (χ1v) is 7.69. The van der Waals surface area contributed by atoms with Crippen LogP contribution in [0.1, 0.15) is 5.56 Å². The molecule has 0 radical (unpaired) electrons. The van der Waals surface area contributed by atoms with E-state index in [1.54, 1.807) is 35.2 Å². The van der Waals surface area contributed by atoms with Crippen molar-refractivity contribution in [3.05, 3.63) is 59.9 Å². The van der Waals surface area contributed by atoms with Crippen LogP contribution in [-0.2, 0) is 6.54 Å². The summed E-state index contributed by atoms with van der Waals surface area (Å²) in [4.78, 5) is 16.1. The van der Waals surface area contributed by atoms with Gasteiger partial charge in [0.25, 0.3) is 0 Å². The summed E-state index contributed by atoms with van der Waals surface area (Å²) in [5, 5.41) is 12.2. The number of halogens is 1. The Balaban J connectivity index is 2.12. The minimum Gasteiger partial charge on any atom is -0.508 e. The van der Waals surface area contributed by atoms with E-state index in [4.69, 9.17) is 0 Å². The predicted octanol–water partition coefficient (Wildman–Crippen LogP) is 3.13. The van der Waals surface area contributed by atoms with Gasteiger partial charge in [0.1, 0.15) is 11.6 Å². The van der Waals surface area contributed by atoms with E-state index in [1.165, 1.54) is 12.1 Å². The average Bonchev–Trinajstić information content (AvgIpc) is 2.53. The van der Waals surface area contributed by atoms with Gasteiger partial charge in [0, 0.05) is 19.6 Å². The number of hydrogen-bond donors (Lipinski definition) is 2. The Labute approximate surface area is 141 Å². The number of phenolic OH excluding ortho intramolecular Hbond substituents is 1. The van der Waals surface area contributed by atoms with Crippen LogP contribution in [0.15, 0.2) is 48.5 Å². The van der Waals surface area contributed by atoms with Gasteiger partial charge in [0.15, 0.2) is 0 Å². The summed E-state index contributed by atoms with van der Waals surface area (Å²) in [7, 11) is 3.84. The van der Waals surface area contributed by atoms with Gasteiger partial charge in [-0.25, -0.2) is 9.18 Å². The van der Waals surface area contributed by atoms with Crippen LogP contribution in [0.2, 0.25) is 0 Å². The molecule has 0 unspecified atom stereocenters. The third kappa shape index (κ3) is 5.24. The molecule has 24 heavy (non-hydrogen) atoms. The van der Waals surface area contributed by atoms with Crippen LogP contribution in [0.3, 0.4) is 0 Å². The van der Waals surface area contributed by atoms with Gasteiger partial charge in [0.2, 0.25) is 0 Å². The highest BCUT2D eigenvalue weighted by Gasteiger charge is 2.16. The highest BCUT2D eigenvalue weighted by molar-refractivity contribution is 5.89. The molecule has 2 aromatic rings. The number of urea groups is 1. The SMILES string of the molecule is CN(C)CCN(Cc1cccc(O)c1)C(=O)Nc1ccccc1F. The maximum atomic E-state index is 13.7. The van der Waals surface area contributed by atoms with Crippen LogP contribution in [0.4, 0.5) is 14.9 Å². The van der Waals surface area contributed by atoms with Crippen molar-refractivity contribution in [1.82, 2.24) is 9.80 Å². The van der Waals surface area contributed by atoms with Gasteiger partial charge in [-0.3, -0.25) is 0 Å². The predicted molar refractivity (Wildman–Crippen MR) is 92.5 cm³/mol. The van der Waals surface area contributed by atoms with Crippen molar-refractivity contribution in [2.24, 2.45) is 0 Å². The standard InChI is InChI=1S/C18H22FN3O2/c1-21(2)10-11-22(13-14-6-5-7-15(23)12-14)18(24)20-17-9-4-3-8-16(17)19/h3-9,12,23H,10-11,13H2,1-2H3,(H,20,24). The molecule has 0 aliphatic heterocycles. The first kappa shape index (κ1) is 17.7. The third-order valence-corrected chi connectivity index (χ3v) is 3.50. The van der Waals surface area contributed by atoms with Crippen molar-refractivity contribution in [2.75, 3.05) is 32.5 Å². The Bertz CT molecular complexity index is 691. The summed E-state index contributed by atoms with van der Waals surface area (Å²) in [5.41, 5.74) is 0.950. The molecular formula is C18H22FN3O2. The van der Waals surface area contributed by atoms with Gasteiger partial charge >= 0.3 is 6.03 Å². The summed E-state index contributed by atoms with van der Waals surface area (Å²) < 4.78 is 13.7. The maximum Gasteiger partial charge on any atom is 0.322 e. The van der Waals surface area contributed by atoms with Gasteiger partial charge < -0.3 is 20.2 Å². The van der Waals surface area contributed by atoms with Crippen LogP contribution in [0.5, 0.6) is 5.75 Å². The van der Waals surface area contributed by atoms with Gasteiger partial charge in [0.05, 0.1) is 5.69 Å². The van der Waals surface area contributed by atoms with Crippen LogP contribution in [-0.4, -0.2) is 48.1 Å². The van der Waals surface area contributed by atoms with Gasteiger partial charge in [-0.1, -0.05) is 24.3 Å². The molecule has 0 fully saturated rings. The number of para-hydroxylation sites is 1. The molecule has 0 spiro atoms. The van der Waals surface area contributed by atoms with Crippen LogP contribution >= 0.6 is 0 Å². The van der Waals surface area contributed by atoms with Gasteiger partial charge in [-0.05, 0) is 43.9 Å². The Kier molecular flexibility index (Phi) is 6.14. The van der Waals surface area contributed by atoms with E-state index in [1.807, 2.05) is 25.1 Å². The van der Waals surface area contributed by atoms with Crippen molar-refractivity contribution in [2.45, 2.75) is 6.54 Å². The van der Waals surface area contributed by atoms with E-state index in [-0.39, 0.29) is 17.5 Å². The Morgan fingerprint density at radius 2 is 1.88 bits per heavy atom. The van der Waals surface area contributed by atoms with Crippen molar-refractivity contribution in [3.8, 4) is 5.75 Å². The number of rotatable bonds is 6.